The number of nitrogens with one attached hydrogen (secondary N) is 2. The fourth-order valence-corrected chi connectivity index (χ4v) is 4.09. The van der Waals surface area contributed by atoms with Crippen LogP contribution in [0.15, 0.2) is 72.8 Å². The van der Waals surface area contributed by atoms with Crippen molar-refractivity contribution in [2.24, 2.45) is 5.92 Å². The second kappa shape index (κ2) is 13.3. The fourth-order valence-electron chi connectivity index (χ4n) is 4.09. The van der Waals surface area contributed by atoms with Crippen molar-refractivity contribution in [2.45, 2.75) is 52.5 Å². The van der Waals surface area contributed by atoms with E-state index < -0.39 is 0 Å². The third-order valence-corrected chi connectivity index (χ3v) is 6.17. The lowest BCUT2D eigenvalue weighted by atomic mass is 10.00. The van der Waals surface area contributed by atoms with Crippen LogP contribution in [-0.4, -0.2) is 19.0 Å². The Morgan fingerprint density at radius 3 is 2.40 bits per heavy atom. The average molecular weight is 473 g/mol. The second-order valence-electron chi connectivity index (χ2n) is 8.88. The predicted molar refractivity (Wildman–Crippen MR) is 143 cm³/mol. The molecular formula is C30H36N2O3. The van der Waals surface area contributed by atoms with E-state index in [1.54, 1.807) is 6.07 Å². The van der Waals surface area contributed by atoms with Crippen molar-refractivity contribution in [1.29, 1.82) is 0 Å². The van der Waals surface area contributed by atoms with E-state index in [9.17, 15) is 9.59 Å². The number of amides is 1. The van der Waals surface area contributed by atoms with Crippen molar-refractivity contribution in [2.75, 3.05) is 12.4 Å². The van der Waals surface area contributed by atoms with Gasteiger partial charge in [-0.05, 0) is 41.8 Å². The number of hydrogen-bond donors (Lipinski definition) is 2. The van der Waals surface area contributed by atoms with Crippen LogP contribution in [0.3, 0.4) is 0 Å². The fraction of sp³-hybridized carbons (Fsp3) is 0.333. The zero-order chi connectivity index (χ0) is 25.0. The average Bonchev–Trinajstić information content (AvgIpc) is 2.90. The highest BCUT2D eigenvalue weighted by atomic mass is 16.5. The molecule has 2 N–H and O–H groups in total. The van der Waals surface area contributed by atoms with Gasteiger partial charge in [-0.1, -0.05) is 88.1 Å². The van der Waals surface area contributed by atoms with Crippen molar-refractivity contribution >= 4 is 23.3 Å². The number of para-hydroxylation sites is 2. The highest BCUT2D eigenvalue weighted by Crippen LogP contribution is 2.32. The van der Waals surface area contributed by atoms with E-state index in [1.165, 1.54) is 26.4 Å². The quantitative estimate of drug-likeness (QED) is 0.218. The van der Waals surface area contributed by atoms with E-state index in [0.29, 0.717) is 17.8 Å². The van der Waals surface area contributed by atoms with Crippen molar-refractivity contribution in [3.63, 3.8) is 0 Å². The summed E-state index contributed by atoms with van der Waals surface area (Å²) in [5, 5.41) is 6.49. The SMILES string of the molecule is CCCCCCC(C)C(=O)NCc1cccc(-c2ccccc2Nc2ccccc2C(=O)OC)c1. The summed E-state index contributed by atoms with van der Waals surface area (Å²) < 4.78 is 4.93. The van der Waals surface area contributed by atoms with Gasteiger partial charge in [0.1, 0.15) is 0 Å². The number of methoxy groups -OCH3 is 1. The number of benzene rings is 3. The molecule has 0 fully saturated rings. The van der Waals surface area contributed by atoms with Crippen LogP contribution in [0.25, 0.3) is 11.1 Å². The summed E-state index contributed by atoms with van der Waals surface area (Å²) in [7, 11) is 1.38. The lowest BCUT2D eigenvalue weighted by molar-refractivity contribution is -0.124. The summed E-state index contributed by atoms with van der Waals surface area (Å²) in [6.45, 7) is 4.69. The largest absolute Gasteiger partial charge is 0.465 e. The number of anilines is 2. The van der Waals surface area contributed by atoms with Gasteiger partial charge in [0.15, 0.2) is 0 Å². The molecule has 0 aromatic heterocycles. The second-order valence-corrected chi connectivity index (χ2v) is 8.88. The molecule has 1 atom stereocenters. The maximum absolute atomic E-state index is 12.5. The number of esters is 1. The molecule has 5 nitrogen and oxygen atoms in total. The van der Waals surface area contributed by atoms with Gasteiger partial charge in [-0.25, -0.2) is 4.79 Å². The first-order valence-corrected chi connectivity index (χ1v) is 12.4. The first-order valence-electron chi connectivity index (χ1n) is 12.4. The summed E-state index contributed by atoms with van der Waals surface area (Å²) in [6.07, 6.45) is 5.64. The number of hydrogen-bond acceptors (Lipinski definition) is 4. The van der Waals surface area contributed by atoms with Gasteiger partial charge in [-0.3, -0.25) is 4.79 Å². The maximum Gasteiger partial charge on any atom is 0.339 e. The first-order chi connectivity index (χ1) is 17.0. The Bertz CT molecular complexity index is 1130. The van der Waals surface area contributed by atoms with E-state index in [-0.39, 0.29) is 17.8 Å². The summed E-state index contributed by atoms with van der Waals surface area (Å²) in [6, 6.07) is 23.4. The van der Waals surface area contributed by atoms with E-state index in [0.717, 1.165) is 35.2 Å². The van der Waals surface area contributed by atoms with Gasteiger partial charge in [0, 0.05) is 23.7 Å². The van der Waals surface area contributed by atoms with Gasteiger partial charge in [0.2, 0.25) is 5.91 Å². The zero-order valence-electron chi connectivity index (χ0n) is 21.0. The third kappa shape index (κ3) is 7.44. The molecule has 1 unspecified atom stereocenters. The van der Waals surface area contributed by atoms with Crippen LogP contribution < -0.4 is 10.6 Å². The molecule has 3 aromatic rings. The first kappa shape index (κ1) is 26.0. The van der Waals surface area contributed by atoms with E-state index in [2.05, 4.69) is 29.7 Å². The minimum atomic E-state index is -0.386. The van der Waals surface area contributed by atoms with Gasteiger partial charge < -0.3 is 15.4 Å². The minimum absolute atomic E-state index is 0.0230. The third-order valence-electron chi connectivity index (χ3n) is 6.17. The number of carbonyl (C=O) groups excluding carboxylic acids is 2. The van der Waals surface area contributed by atoms with Gasteiger partial charge in [0.25, 0.3) is 0 Å². The molecule has 35 heavy (non-hydrogen) atoms. The molecule has 0 saturated heterocycles. The molecule has 3 aromatic carbocycles. The predicted octanol–water partition coefficient (Wildman–Crippen LogP) is 7.11. The maximum atomic E-state index is 12.5. The molecule has 0 heterocycles. The van der Waals surface area contributed by atoms with Crippen LogP contribution in [0, 0.1) is 5.92 Å². The molecule has 0 spiro atoms. The lowest BCUT2D eigenvalue weighted by Crippen LogP contribution is -2.28. The topological polar surface area (TPSA) is 67.4 Å². The molecule has 3 rings (SSSR count). The van der Waals surface area contributed by atoms with E-state index in [4.69, 9.17) is 4.74 Å². The summed E-state index contributed by atoms with van der Waals surface area (Å²) in [5.74, 6) is -0.258. The Morgan fingerprint density at radius 1 is 0.886 bits per heavy atom. The van der Waals surface area contributed by atoms with Crippen molar-refractivity contribution < 1.29 is 14.3 Å². The van der Waals surface area contributed by atoms with Crippen LogP contribution in [0.1, 0.15) is 61.9 Å². The van der Waals surface area contributed by atoms with Gasteiger partial charge in [0.05, 0.1) is 18.4 Å². The molecular weight excluding hydrogens is 436 g/mol. The Kier molecular flexibility index (Phi) is 9.91. The molecule has 1 amide bonds. The molecule has 0 radical (unpaired) electrons. The number of rotatable bonds is 12. The smallest absolute Gasteiger partial charge is 0.339 e. The summed E-state index contributed by atoms with van der Waals surface area (Å²) in [5.41, 5.74) is 5.12. The van der Waals surface area contributed by atoms with E-state index >= 15 is 0 Å². The molecule has 0 bridgehead atoms. The lowest BCUT2D eigenvalue weighted by Gasteiger charge is -2.16. The molecule has 184 valence electrons. The Balaban J connectivity index is 1.72. The highest BCUT2D eigenvalue weighted by molar-refractivity contribution is 5.97. The molecule has 0 aliphatic carbocycles. The van der Waals surface area contributed by atoms with Crippen LogP contribution in [0.4, 0.5) is 11.4 Å². The van der Waals surface area contributed by atoms with Crippen LogP contribution in [-0.2, 0) is 16.1 Å². The van der Waals surface area contributed by atoms with Crippen molar-refractivity contribution in [1.82, 2.24) is 5.32 Å². The van der Waals surface area contributed by atoms with Gasteiger partial charge >= 0.3 is 5.97 Å². The highest BCUT2D eigenvalue weighted by Gasteiger charge is 2.14. The Hall–Kier alpha value is -3.60. The minimum Gasteiger partial charge on any atom is -0.465 e. The molecule has 0 saturated carbocycles. The Labute approximate surface area is 208 Å². The van der Waals surface area contributed by atoms with Gasteiger partial charge in [-0.15, -0.1) is 0 Å². The molecule has 0 aliphatic heterocycles. The van der Waals surface area contributed by atoms with Crippen LogP contribution in [0.5, 0.6) is 0 Å². The van der Waals surface area contributed by atoms with E-state index in [1.807, 2.05) is 61.5 Å². The summed E-state index contributed by atoms with van der Waals surface area (Å²) >= 11 is 0. The number of carbonyl (C=O) groups is 2. The Morgan fingerprint density at radius 2 is 1.63 bits per heavy atom. The van der Waals surface area contributed by atoms with Crippen LogP contribution in [0.2, 0.25) is 0 Å². The number of unbranched alkanes of at least 4 members (excludes halogenated alkanes) is 3. The number of ether oxygens (including phenoxy) is 1. The van der Waals surface area contributed by atoms with Crippen molar-refractivity contribution in [3.8, 4) is 11.1 Å². The van der Waals surface area contributed by atoms with Crippen LogP contribution >= 0.6 is 0 Å². The molecule has 5 heteroatoms. The summed E-state index contributed by atoms with van der Waals surface area (Å²) in [4.78, 5) is 24.7. The standard InChI is InChI=1S/C30H36N2O3/c1-4-5-6-7-13-22(2)29(33)31-21-23-14-12-15-24(20-23)25-16-8-10-18-27(25)32-28-19-11-9-17-26(28)30(34)35-3/h8-12,14-20,22,32H,4-7,13,21H2,1-3H3,(H,31,33). The van der Waals surface area contributed by atoms with Crippen molar-refractivity contribution in [3.05, 3.63) is 83.9 Å². The normalized spacial score (nSPS) is 11.5. The van der Waals surface area contributed by atoms with Gasteiger partial charge in [-0.2, -0.15) is 0 Å². The molecule has 0 aliphatic rings. The zero-order valence-corrected chi connectivity index (χ0v) is 21.0. The monoisotopic (exact) mass is 472 g/mol.